The molecule has 15 heavy (non-hydrogen) atoms. The maximum atomic E-state index is 8.98. The summed E-state index contributed by atoms with van der Waals surface area (Å²) >= 11 is 0. The third-order valence-electron chi connectivity index (χ3n) is 2.88. The van der Waals surface area contributed by atoms with Crippen molar-refractivity contribution >= 4 is 5.95 Å². The maximum absolute atomic E-state index is 8.98. The smallest absolute Gasteiger partial charge is 0.225 e. The van der Waals surface area contributed by atoms with Crippen molar-refractivity contribution in [2.45, 2.75) is 32.2 Å². The molecule has 0 aromatic carbocycles. The average Bonchev–Trinajstić information content (AvgIpc) is 2.66. The zero-order chi connectivity index (χ0) is 10.7. The van der Waals surface area contributed by atoms with Crippen molar-refractivity contribution in [1.29, 1.82) is 0 Å². The Bertz CT molecular complexity index is 329. The fourth-order valence-corrected chi connectivity index (χ4v) is 2.12. The van der Waals surface area contributed by atoms with Crippen molar-refractivity contribution in [3.63, 3.8) is 0 Å². The van der Waals surface area contributed by atoms with E-state index >= 15 is 0 Å². The van der Waals surface area contributed by atoms with Crippen LogP contribution in [-0.4, -0.2) is 34.3 Å². The number of rotatable bonds is 3. The van der Waals surface area contributed by atoms with Gasteiger partial charge in [0.05, 0.1) is 0 Å². The van der Waals surface area contributed by atoms with Gasteiger partial charge in [-0.15, -0.1) is 0 Å². The van der Waals surface area contributed by atoms with E-state index in [1.165, 1.54) is 6.42 Å². The fraction of sp³-hybridized carbons (Fsp3) is 0.636. The Kier molecular flexibility index (Phi) is 3.16. The summed E-state index contributed by atoms with van der Waals surface area (Å²) in [6.07, 6.45) is 4.92. The molecule has 1 saturated heterocycles. The van der Waals surface area contributed by atoms with Crippen LogP contribution in [0.1, 0.15) is 25.0 Å². The largest absolute Gasteiger partial charge is 0.396 e. The molecule has 0 saturated carbocycles. The van der Waals surface area contributed by atoms with E-state index in [0.29, 0.717) is 6.04 Å². The van der Waals surface area contributed by atoms with E-state index in [-0.39, 0.29) is 6.61 Å². The molecule has 1 atom stereocenters. The van der Waals surface area contributed by atoms with E-state index < -0.39 is 0 Å². The molecule has 1 N–H and O–H groups in total. The van der Waals surface area contributed by atoms with Gasteiger partial charge >= 0.3 is 0 Å². The lowest BCUT2D eigenvalue weighted by Crippen LogP contribution is -2.31. The normalized spacial score (nSPS) is 20.9. The number of nitrogens with zero attached hydrogens (tertiary/aromatic N) is 3. The van der Waals surface area contributed by atoms with Gasteiger partial charge in [0.15, 0.2) is 0 Å². The molecule has 1 aromatic rings. The number of aliphatic hydroxyl groups excluding tert-OH is 1. The summed E-state index contributed by atoms with van der Waals surface area (Å²) < 4.78 is 0. The van der Waals surface area contributed by atoms with Crippen LogP contribution in [0.15, 0.2) is 12.3 Å². The van der Waals surface area contributed by atoms with Gasteiger partial charge in [0.1, 0.15) is 0 Å². The molecule has 4 heteroatoms. The first-order valence-electron chi connectivity index (χ1n) is 5.48. The minimum atomic E-state index is 0.243. The van der Waals surface area contributed by atoms with Gasteiger partial charge in [-0.3, -0.25) is 0 Å². The van der Waals surface area contributed by atoms with E-state index in [4.69, 9.17) is 5.11 Å². The van der Waals surface area contributed by atoms with Crippen molar-refractivity contribution in [3.05, 3.63) is 18.0 Å². The first-order chi connectivity index (χ1) is 7.31. The van der Waals surface area contributed by atoms with E-state index in [1.807, 2.05) is 13.0 Å². The Labute approximate surface area is 90.0 Å². The Morgan fingerprint density at radius 2 is 2.47 bits per heavy atom. The standard InChI is InChI=1S/C11H17N3O/c1-9-4-6-12-11(13-9)14-7-2-3-10(14)5-8-15/h4,6,10,15H,2-3,5,7-8H2,1H3. The second kappa shape index (κ2) is 4.57. The minimum absolute atomic E-state index is 0.243. The predicted molar refractivity (Wildman–Crippen MR) is 58.8 cm³/mol. The van der Waals surface area contributed by atoms with Gasteiger partial charge in [0.2, 0.25) is 5.95 Å². The highest BCUT2D eigenvalue weighted by molar-refractivity contribution is 5.33. The van der Waals surface area contributed by atoms with Gasteiger partial charge < -0.3 is 10.0 Å². The van der Waals surface area contributed by atoms with Crippen molar-refractivity contribution < 1.29 is 5.11 Å². The lowest BCUT2D eigenvalue weighted by atomic mass is 10.1. The molecule has 4 nitrogen and oxygen atoms in total. The predicted octanol–water partition coefficient (Wildman–Crippen LogP) is 1.14. The van der Waals surface area contributed by atoms with E-state index in [9.17, 15) is 0 Å². The van der Waals surface area contributed by atoms with Crippen LogP contribution in [0, 0.1) is 6.92 Å². The van der Waals surface area contributed by atoms with Crippen molar-refractivity contribution in [2.75, 3.05) is 18.1 Å². The number of hydrogen-bond donors (Lipinski definition) is 1. The van der Waals surface area contributed by atoms with Crippen molar-refractivity contribution in [3.8, 4) is 0 Å². The first kappa shape index (κ1) is 10.4. The molecule has 1 aliphatic rings. The molecule has 82 valence electrons. The molecule has 0 bridgehead atoms. The monoisotopic (exact) mass is 207 g/mol. The minimum Gasteiger partial charge on any atom is -0.396 e. The summed E-state index contributed by atoms with van der Waals surface area (Å²) in [6, 6.07) is 2.32. The highest BCUT2D eigenvalue weighted by atomic mass is 16.3. The zero-order valence-corrected chi connectivity index (χ0v) is 9.06. The van der Waals surface area contributed by atoms with Crippen molar-refractivity contribution in [2.24, 2.45) is 0 Å². The van der Waals surface area contributed by atoms with Gasteiger partial charge in [-0.2, -0.15) is 0 Å². The molecule has 2 heterocycles. The SMILES string of the molecule is Cc1ccnc(N2CCCC2CCO)n1. The van der Waals surface area contributed by atoms with Gasteiger partial charge in [-0.05, 0) is 32.3 Å². The number of aliphatic hydroxyl groups is 1. The number of anilines is 1. The van der Waals surface area contributed by atoms with Gasteiger partial charge in [0.25, 0.3) is 0 Å². The lowest BCUT2D eigenvalue weighted by molar-refractivity contribution is 0.275. The zero-order valence-electron chi connectivity index (χ0n) is 9.06. The molecular formula is C11H17N3O. The molecular weight excluding hydrogens is 190 g/mol. The summed E-state index contributed by atoms with van der Waals surface area (Å²) in [5.74, 6) is 0.811. The summed E-state index contributed by atoms with van der Waals surface area (Å²) in [6.45, 7) is 3.23. The second-order valence-electron chi connectivity index (χ2n) is 4.00. The summed E-state index contributed by atoms with van der Waals surface area (Å²) in [5, 5.41) is 8.98. The van der Waals surface area contributed by atoms with Crippen LogP contribution in [0.4, 0.5) is 5.95 Å². The van der Waals surface area contributed by atoms with Crippen molar-refractivity contribution in [1.82, 2.24) is 9.97 Å². The van der Waals surface area contributed by atoms with Crippen LogP contribution >= 0.6 is 0 Å². The van der Waals surface area contributed by atoms with Crippen LogP contribution in [0.5, 0.6) is 0 Å². The van der Waals surface area contributed by atoms with Crippen LogP contribution in [0.2, 0.25) is 0 Å². The number of aromatic nitrogens is 2. The summed E-state index contributed by atoms with van der Waals surface area (Å²) in [5.41, 5.74) is 0.995. The fourth-order valence-electron chi connectivity index (χ4n) is 2.12. The lowest BCUT2D eigenvalue weighted by Gasteiger charge is -2.23. The number of hydrogen-bond acceptors (Lipinski definition) is 4. The molecule has 2 rings (SSSR count). The number of aryl methyl sites for hydroxylation is 1. The molecule has 1 fully saturated rings. The Morgan fingerprint density at radius 3 is 3.20 bits per heavy atom. The quantitative estimate of drug-likeness (QED) is 0.807. The highest BCUT2D eigenvalue weighted by Gasteiger charge is 2.25. The van der Waals surface area contributed by atoms with E-state index in [1.54, 1.807) is 6.20 Å². The van der Waals surface area contributed by atoms with Crippen LogP contribution < -0.4 is 4.90 Å². The van der Waals surface area contributed by atoms with E-state index in [0.717, 1.165) is 31.0 Å². The third kappa shape index (κ3) is 2.26. The maximum Gasteiger partial charge on any atom is 0.225 e. The van der Waals surface area contributed by atoms with Gasteiger partial charge in [-0.25, -0.2) is 9.97 Å². The third-order valence-corrected chi connectivity index (χ3v) is 2.88. The Balaban J connectivity index is 2.15. The molecule has 0 spiro atoms. The Hall–Kier alpha value is -1.16. The second-order valence-corrected chi connectivity index (χ2v) is 4.00. The Morgan fingerprint density at radius 1 is 1.60 bits per heavy atom. The highest BCUT2D eigenvalue weighted by Crippen LogP contribution is 2.23. The van der Waals surface area contributed by atoms with Gasteiger partial charge in [0, 0.05) is 31.1 Å². The first-order valence-corrected chi connectivity index (χ1v) is 5.48. The summed E-state index contributed by atoms with van der Waals surface area (Å²) in [4.78, 5) is 10.9. The van der Waals surface area contributed by atoms with Crippen LogP contribution in [-0.2, 0) is 0 Å². The van der Waals surface area contributed by atoms with E-state index in [2.05, 4.69) is 14.9 Å². The topological polar surface area (TPSA) is 49.2 Å². The molecule has 0 aliphatic carbocycles. The molecule has 1 unspecified atom stereocenters. The summed E-state index contributed by atoms with van der Waals surface area (Å²) in [7, 11) is 0. The van der Waals surface area contributed by atoms with Gasteiger partial charge in [-0.1, -0.05) is 0 Å². The molecule has 1 aliphatic heterocycles. The molecule has 0 amide bonds. The van der Waals surface area contributed by atoms with Crippen LogP contribution in [0.25, 0.3) is 0 Å². The molecule has 0 radical (unpaired) electrons. The average molecular weight is 207 g/mol. The molecule has 1 aromatic heterocycles. The van der Waals surface area contributed by atoms with Crippen LogP contribution in [0.3, 0.4) is 0 Å².